The van der Waals surface area contributed by atoms with E-state index in [1.807, 2.05) is 70.7 Å². The van der Waals surface area contributed by atoms with Crippen LogP contribution in [0.2, 0.25) is 0 Å². The van der Waals surface area contributed by atoms with E-state index in [0.717, 1.165) is 44.4 Å². The first-order chi connectivity index (χ1) is 15.9. The predicted octanol–water partition coefficient (Wildman–Crippen LogP) is 5.35. The summed E-state index contributed by atoms with van der Waals surface area (Å²) in [6.45, 7) is 0. The zero-order valence-corrected chi connectivity index (χ0v) is 19.5. The summed E-state index contributed by atoms with van der Waals surface area (Å²) in [5.41, 5.74) is 13.0. The normalized spacial score (nSPS) is 10.1. The fraction of sp³-hybridized carbons (Fsp3) is 0.133. The van der Waals surface area contributed by atoms with E-state index < -0.39 is 0 Å². The molecule has 0 bridgehead atoms. The molecule has 3 heteroatoms. The Bertz CT molecular complexity index is 1410. The van der Waals surface area contributed by atoms with E-state index >= 15 is 0 Å². The smallest absolute Gasteiger partial charge is 0.0557 e. The molecule has 33 heavy (non-hydrogen) atoms. The molecule has 0 unspecified atom stereocenters. The molecule has 0 heterocycles. The lowest BCUT2D eigenvalue weighted by Crippen LogP contribution is -2.07. The fourth-order valence-electron chi connectivity index (χ4n) is 3.60. The first-order valence-corrected chi connectivity index (χ1v) is 10.8. The van der Waals surface area contributed by atoms with E-state index in [9.17, 15) is 0 Å². The lowest BCUT2D eigenvalue weighted by atomic mass is 9.97. The zero-order valence-electron chi connectivity index (χ0n) is 19.5. The highest BCUT2D eigenvalue weighted by molar-refractivity contribution is 5.97. The molecular weight excluding hydrogens is 402 g/mol. The van der Waals surface area contributed by atoms with Crippen LogP contribution in [0.1, 0.15) is 22.3 Å². The molecule has 0 aliphatic heterocycles. The van der Waals surface area contributed by atoms with Crippen LogP contribution in [0.3, 0.4) is 0 Å². The topological polar surface area (TPSA) is 32.5 Å². The second-order valence-electron chi connectivity index (χ2n) is 8.32. The van der Waals surface area contributed by atoms with Gasteiger partial charge in [0, 0.05) is 67.3 Å². The highest BCUT2D eigenvalue weighted by Gasteiger charge is 2.07. The van der Waals surface area contributed by atoms with Crippen LogP contribution in [-0.2, 0) is 0 Å². The molecule has 4 rings (SSSR count). The van der Waals surface area contributed by atoms with Gasteiger partial charge in [-0.25, -0.2) is 0 Å². The van der Waals surface area contributed by atoms with Crippen molar-refractivity contribution >= 4 is 27.8 Å². The van der Waals surface area contributed by atoms with E-state index in [4.69, 9.17) is 5.73 Å². The summed E-state index contributed by atoms with van der Waals surface area (Å²) in [6.07, 6.45) is 0. The molecule has 0 saturated heterocycles. The Morgan fingerprint density at radius 2 is 1.06 bits per heavy atom. The van der Waals surface area contributed by atoms with Crippen LogP contribution in [0.15, 0.2) is 78.9 Å². The van der Waals surface area contributed by atoms with Crippen LogP contribution in [0, 0.1) is 23.7 Å². The van der Waals surface area contributed by atoms with Crippen molar-refractivity contribution < 1.29 is 0 Å². The van der Waals surface area contributed by atoms with Crippen LogP contribution in [0.25, 0.3) is 10.8 Å². The van der Waals surface area contributed by atoms with E-state index in [0.29, 0.717) is 5.69 Å². The SMILES string of the molecule is CN(C)c1ccc(C#Cc2cc(N)c(C#Cc3ccc(N(C)C)cc3)c3ccccc23)cc1. The molecule has 0 aliphatic carbocycles. The summed E-state index contributed by atoms with van der Waals surface area (Å²) in [6, 6.07) is 26.5. The number of fused-ring (bicyclic) bond motifs is 1. The maximum absolute atomic E-state index is 6.46. The second-order valence-corrected chi connectivity index (χ2v) is 8.32. The number of hydrogen-bond donors (Lipinski definition) is 1. The van der Waals surface area contributed by atoms with Gasteiger partial charge in [0.15, 0.2) is 0 Å². The zero-order chi connectivity index (χ0) is 23.4. The van der Waals surface area contributed by atoms with Crippen LogP contribution in [0.5, 0.6) is 0 Å². The number of nitrogens with two attached hydrogens (primary N) is 1. The molecule has 0 amide bonds. The Kier molecular flexibility index (Phi) is 6.25. The summed E-state index contributed by atoms with van der Waals surface area (Å²) >= 11 is 0. The Hall–Kier alpha value is -4.34. The standard InChI is InChI=1S/C30H27N3/c1-32(2)25-16-10-22(11-17-25)9-15-24-21-30(31)29(28-8-6-5-7-27(24)28)20-14-23-12-18-26(19-13-23)33(3)4/h5-8,10-13,16-19,21H,31H2,1-4H3. The second kappa shape index (κ2) is 9.43. The van der Waals surface area contributed by atoms with Gasteiger partial charge in [0.25, 0.3) is 0 Å². The number of rotatable bonds is 2. The third kappa shape index (κ3) is 4.95. The number of nitrogen functional groups attached to an aromatic ring is 1. The summed E-state index contributed by atoms with van der Waals surface area (Å²) in [7, 11) is 8.10. The van der Waals surface area contributed by atoms with Gasteiger partial charge in [-0.1, -0.05) is 47.9 Å². The summed E-state index contributed by atoms with van der Waals surface area (Å²) in [5.74, 6) is 13.1. The van der Waals surface area contributed by atoms with Gasteiger partial charge < -0.3 is 15.5 Å². The summed E-state index contributed by atoms with van der Waals surface area (Å²) in [5, 5.41) is 2.07. The Labute approximate surface area is 196 Å². The minimum Gasteiger partial charge on any atom is -0.398 e. The van der Waals surface area contributed by atoms with Gasteiger partial charge in [-0.05, 0) is 60.0 Å². The van der Waals surface area contributed by atoms with E-state index in [2.05, 4.69) is 69.9 Å². The van der Waals surface area contributed by atoms with E-state index in [-0.39, 0.29) is 0 Å². The average Bonchev–Trinajstić information content (AvgIpc) is 2.82. The van der Waals surface area contributed by atoms with Crippen molar-refractivity contribution in [3.63, 3.8) is 0 Å². The van der Waals surface area contributed by atoms with Crippen molar-refractivity contribution in [2.45, 2.75) is 0 Å². The van der Waals surface area contributed by atoms with Crippen LogP contribution in [0.4, 0.5) is 17.1 Å². The third-order valence-electron chi connectivity index (χ3n) is 5.52. The Morgan fingerprint density at radius 3 is 1.58 bits per heavy atom. The number of anilines is 3. The predicted molar refractivity (Wildman–Crippen MR) is 142 cm³/mol. The van der Waals surface area contributed by atoms with E-state index in [1.165, 1.54) is 0 Å². The average molecular weight is 430 g/mol. The molecule has 4 aromatic rings. The largest absolute Gasteiger partial charge is 0.398 e. The summed E-state index contributed by atoms with van der Waals surface area (Å²) < 4.78 is 0. The van der Waals surface area contributed by atoms with Crippen LogP contribution in [-0.4, -0.2) is 28.2 Å². The first kappa shape index (κ1) is 21.9. The molecule has 162 valence electrons. The monoisotopic (exact) mass is 429 g/mol. The molecule has 0 aromatic heterocycles. The van der Waals surface area contributed by atoms with Gasteiger partial charge in [-0.2, -0.15) is 0 Å². The van der Waals surface area contributed by atoms with Gasteiger partial charge in [0.2, 0.25) is 0 Å². The number of hydrogen-bond acceptors (Lipinski definition) is 3. The highest BCUT2D eigenvalue weighted by atomic mass is 15.1. The van der Waals surface area contributed by atoms with Crippen molar-refractivity contribution in [2.75, 3.05) is 43.7 Å². The molecule has 0 spiro atoms. The van der Waals surface area contributed by atoms with Gasteiger partial charge in [-0.3, -0.25) is 0 Å². The molecule has 4 aromatic carbocycles. The molecule has 0 aliphatic rings. The van der Waals surface area contributed by atoms with Crippen molar-refractivity contribution in [3.05, 3.63) is 101 Å². The number of nitrogens with zero attached hydrogens (tertiary/aromatic N) is 2. The van der Waals surface area contributed by atoms with E-state index in [1.54, 1.807) is 0 Å². The fourth-order valence-corrected chi connectivity index (χ4v) is 3.60. The molecule has 0 radical (unpaired) electrons. The molecule has 3 nitrogen and oxygen atoms in total. The van der Waals surface area contributed by atoms with Crippen molar-refractivity contribution in [2.24, 2.45) is 0 Å². The maximum atomic E-state index is 6.46. The molecule has 0 saturated carbocycles. The molecule has 0 atom stereocenters. The minimum atomic E-state index is 0.637. The highest BCUT2D eigenvalue weighted by Crippen LogP contribution is 2.27. The van der Waals surface area contributed by atoms with Crippen molar-refractivity contribution in [1.29, 1.82) is 0 Å². The van der Waals surface area contributed by atoms with Crippen molar-refractivity contribution in [3.8, 4) is 23.7 Å². The van der Waals surface area contributed by atoms with Crippen molar-refractivity contribution in [1.82, 2.24) is 0 Å². The molecule has 0 fully saturated rings. The van der Waals surface area contributed by atoms with Gasteiger partial charge >= 0.3 is 0 Å². The molecular formula is C30H27N3. The Morgan fingerprint density at radius 1 is 0.576 bits per heavy atom. The Balaban J connectivity index is 1.71. The molecule has 2 N–H and O–H groups in total. The minimum absolute atomic E-state index is 0.637. The quantitative estimate of drug-likeness (QED) is 0.344. The third-order valence-corrected chi connectivity index (χ3v) is 5.52. The number of benzene rings is 4. The maximum Gasteiger partial charge on any atom is 0.0557 e. The first-order valence-electron chi connectivity index (χ1n) is 10.8. The summed E-state index contributed by atoms with van der Waals surface area (Å²) in [4.78, 5) is 4.14. The van der Waals surface area contributed by atoms with Crippen LogP contribution >= 0.6 is 0 Å². The van der Waals surface area contributed by atoms with Gasteiger partial charge in [0.05, 0.1) is 5.56 Å². The van der Waals surface area contributed by atoms with Gasteiger partial charge in [-0.15, -0.1) is 0 Å². The van der Waals surface area contributed by atoms with Gasteiger partial charge in [0.1, 0.15) is 0 Å². The lowest BCUT2D eigenvalue weighted by Gasteiger charge is -2.11. The lowest BCUT2D eigenvalue weighted by molar-refractivity contribution is 1.13. The van der Waals surface area contributed by atoms with Crippen LogP contribution < -0.4 is 15.5 Å².